The summed E-state index contributed by atoms with van der Waals surface area (Å²) >= 11 is 0. The maximum atomic E-state index is 12.5. The Kier molecular flexibility index (Phi) is 5.17. The highest BCUT2D eigenvalue weighted by Crippen LogP contribution is 2.22. The van der Waals surface area contributed by atoms with Crippen LogP contribution in [0.1, 0.15) is 54.9 Å². The summed E-state index contributed by atoms with van der Waals surface area (Å²) in [7, 11) is 0. The lowest BCUT2D eigenvalue weighted by molar-refractivity contribution is 0.0938. The number of nitrogens with one attached hydrogen (secondary N) is 1. The monoisotopic (exact) mass is 336 g/mol. The Morgan fingerprint density at radius 3 is 2.60 bits per heavy atom. The molecule has 0 radical (unpaired) electrons. The summed E-state index contributed by atoms with van der Waals surface area (Å²) < 4.78 is 5.74. The number of aryl methyl sites for hydroxylation is 1. The third kappa shape index (κ3) is 4.27. The molecular formula is C21H24N2O2. The number of nitrogens with zero attached hydrogens (tertiary/aromatic N) is 1. The van der Waals surface area contributed by atoms with Gasteiger partial charge < -0.3 is 9.73 Å². The minimum atomic E-state index is -0.0787. The van der Waals surface area contributed by atoms with Crippen molar-refractivity contribution in [2.45, 2.75) is 45.6 Å². The zero-order chi connectivity index (χ0) is 17.8. The Bertz CT molecular complexity index is 853. The molecule has 25 heavy (non-hydrogen) atoms. The molecule has 0 saturated heterocycles. The number of hydrogen-bond acceptors (Lipinski definition) is 3. The van der Waals surface area contributed by atoms with Crippen LogP contribution in [0.15, 0.2) is 52.9 Å². The highest BCUT2D eigenvalue weighted by molar-refractivity contribution is 5.97. The van der Waals surface area contributed by atoms with Crippen molar-refractivity contribution >= 4 is 17.0 Å². The zero-order valence-electron chi connectivity index (χ0n) is 15.0. The first-order valence-corrected chi connectivity index (χ1v) is 8.78. The fraction of sp³-hybridized carbons (Fsp3) is 0.333. The Hall–Kier alpha value is -2.62. The van der Waals surface area contributed by atoms with Crippen molar-refractivity contribution in [3.05, 3.63) is 65.5 Å². The average Bonchev–Trinajstić information content (AvgIpc) is 3.04. The lowest BCUT2D eigenvalue weighted by Gasteiger charge is -2.14. The van der Waals surface area contributed by atoms with E-state index >= 15 is 0 Å². The topological polar surface area (TPSA) is 55.1 Å². The number of benzene rings is 2. The van der Waals surface area contributed by atoms with Gasteiger partial charge in [-0.15, -0.1) is 0 Å². The van der Waals surface area contributed by atoms with E-state index in [0.29, 0.717) is 17.0 Å². The van der Waals surface area contributed by atoms with Gasteiger partial charge in [-0.1, -0.05) is 44.2 Å². The second-order valence-corrected chi connectivity index (χ2v) is 6.79. The molecule has 0 aliphatic carbocycles. The zero-order valence-corrected chi connectivity index (χ0v) is 15.0. The third-order valence-electron chi connectivity index (χ3n) is 4.25. The molecule has 3 rings (SSSR count). The molecule has 4 nitrogen and oxygen atoms in total. The molecule has 0 unspecified atom stereocenters. The van der Waals surface area contributed by atoms with Gasteiger partial charge in [0.2, 0.25) is 0 Å². The summed E-state index contributed by atoms with van der Waals surface area (Å²) in [5.74, 6) is 0.844. The number of aromatic nitrogens is 1. The number of fused-ring (bicyclic) bond motifs is 1. The highest BCUT2D eigenvalue weighted by atomic mass is 16.3. The number of rotatable bonds is 6. The second-order valence-electron chi connectivity index (χ2n) is 6.79. The van der Waals surface area contributed by atoms with Crippen LogP contribution >= 0.6 is 0 Å². The van der Waals surface area contributed by atoms with Crippen LogP contribution < -0.4 is 5.32 Å². The van der Waals surface area contributed by atoms with Crippen molar-refractivity contribution in [2.24, 2.45) is 0 Å². The van der Waals surface area contributed by atoms with Crippen LogP contribution in [-0.4, -0.2) is 16.9 Å². The van der Waals surface area contributed by atoms with Crippen LogP contribution in [0.25, 0.3) is 11.1 Å². The molecule has 0 bridgehead atoms. The van der Waals surface area contributed by atoms with Crippen LogP contribution in [0.2, 0.25) is 0 Å². The van der Waals surface area contributed by atoms with E-state index in [2.05, 4.69) is 22.4 Å². The van der Waals surface area contributed by atoms with Gasteiger partial charge in [-0.2, -0.15) is 0 Å². The van der Waals surface area contributed by atoms with E-state index in [-0.39, 0.29) is 17.9 Å². The lowest BCUT2D eigenvalue weighted by atomic mass is 10.1. The maximum absolute atomic E-state index is 12.5. The number of carbonyl (C=O) groups is 1. The third-order valence-corrected chi connectivity index (χ3v) is 4.25. The quantitative estimate of drug-likeness (QED) is 0.710. The normalized spacial score (nSPS) is 12.5. The van der Waals surface area contributed by atoms with E-state index in [4.69, 9.17) is 4.42 Å². The first-order chi connectivity index (χ1) is 12.0. The Balaban J connectivity index is 1.63. The standard InChI is InChI=1S/C21H24N2O2/c1-14(2)21-23-18-12-11-17(13-19(18)25-21)20(24)22-15(3)9-10-16-7-5-4-6-8-16/h4-8,11-15H,9-10H2,1-3H3,(H,22,24)/t15-/m1/s1. The number of oxazole rings is 1. The molecule has 130 valence electrons. The summed E-state index contributed by atoms with van der Waals surface area (Å²) in [5, 5.41) is 3.06. The van der Waals surface area contributed by atoms with E-state index in [9.17, 15) is 4.79 Å². The van der Waals surface area contributed by atoms with Gasteiger partial charge in [-0.05, 0) is 43.5 Å². The smallest absolute Gasteiger partial charge is 0.251 e. The molecule has 1 N–H and O–H groups in total. The fourth-order valence-corrected chi connectivity index (χ4v) is 2.74. The molecule has 1 atom stereocenters. The van der Waals surface area contributed by atoms with Crippen molar-refractivity contribution in [1.82, 2.24) is 10.3 Å². The number of carbonyl (C=O) groups excluding carboxylic acids is 1. The molecule has 2 aromatic carbocycles. The van der Waals surface area contributed by atoms with Crippen LogP contribution in [0.4, 0.5) is 0 Å². The van der Waals surface area contributed by atoms with E-state index < -0.39 is 0 Å². The first-order valence-electron chi connectivity index (χ1n) is 8.78. The molecule has 3 aromatic rings. The van der Waals surface area contributed by atoms with Crippen LogP contribution in [0.3, 0.4) is 0 Å². The lowest BCUT2D eigenvalue weighted by Crippen LogP contribution is -2.32. The van der Waals surface area contributed by atoms with Gasteiger partial charge in [0.05, 0.1) is 0 Å². The van der Waals surface area contributed by atoms with E-state index in [1.54, 1.807) is 12.1 Å². The molecule has 0 aliphatic heterocycles. The summed E-state index contributed by atoms with van der Waals surface area (Å²) in [5.41, 5.74) is 3.34. The van der Waals surface area contributed by atoms with Gasteiger partial charge in [-0.25, -0.2) is 4.98 Å². The van der Waals surface area contributed by atoms with Crippen molar-refractivity contribution in [3.63, 3.8) is 0 Å². The molecule has 1 heterocycles. The minimum absolute atomic E-state index is 0.0787. The Morgan fingerprint density at radius 1 is 1.12 bits per heavy atom. The SMILES string of the molecule is CC(C)c1nc2ccc(C(=O)N[C@H](C)CCc3ccccc3)cc2o1. The van der Waals surface area contributed by atoms with E-state index in [1.165, 1.54) is 5.56 Å². The average molecular weight is 336 g/mol. The predicted molar refractivity (Wildman–Crippen MR) is 99.8 cm³/mol. The van der Waals surface area contributed by atoms with Crippen molar-refractivity contribution in [2.75, 3.05) is 0 Å². The Morgan fingerprint density at radius 2 is 1.88 bits per heavy atom. The van der Waals surface area contributed by atoms with Crippen LogP contribution in [-0.2, 0) is 6.42 Å². The van der Waals surface area contributed by atoms with E-state index in [1.807, 2.05) is 45.0 Å². The molecule has 0 saturated carbocycles. The first kappa shape index (κ1) is 17.2. The van der Waals surface area contributed by atoms with Gasteiger partial charge in [-0.3, -0.25) is 4.79 Å². The maximum Gasteiger partial charge on any atom is 0.251 e. The van der Waals surface area contributed by atoms with Gasteiger partial charge in [0.1, 0.15) is 5.52 Å². The van der Waals surface area contributed by atoms with Crippen molar-refractivity contribution < 1.29 is 9.21 Å². The number of amides is 1. The summed E-state index contributed by atoms with van der Waals surface area (Å²) in [6.07, 6.45) is 1.85. The van der Waals surface area contributed by atoms with Crippen LogP contribution in [0.5, 0.6) is 0 Å². The summed E-state index contributed by atoms with van der Waals surface area (Å²) in [6, 6.07) is 15.8. The molecule has 0 spiro atoms. The second kappa shape index (κ2) is 7.51. The molecule has 1 amide bonds. The Labute approximate surface area is 148 Å². The van der Waals surface area contributed by atoms with Crippen molar-refractivity contribution in [1.29, 1.82) is 0 Å². The summed E-state index contributed by atoms with van der Waals surface area (Å²) in [6.45, 7) is 6.10. The number of hydrogen-bond donors (Lipinski definition) is 1. The highest BCUT2D eigenvalue weighted by Gasteiger charge is 2.14. The molecule has 0 aliphatic rings. The van der Waals surface area contributed by atoms with Gasteiger partial charge in [0, 0.05) is 17.5 Å². The van der Waals surface area contributed by atoms with Crippen LogP contribution in [0, 0.1) is 0 Å². The predicted octanol–water partition coefficient (Wildman–Crippen LogP) is 4.70. The minimum Gasteiger partial charge on any atom is -0.440 e. The van der Waals surface area contributed by atoms with Gasteiger partial charge in [0.25, 0.3) is 5.91 Å². The molecule has 0 fully saturated rings. The van der Waals surface area contributed by atoms with Crippen molar-refractivity contribution in [3.8, 4) is 0 Å². The van der Waals surface area contributed by atoms with E-state index in [0.717, 1.165) is 18.4 Å². The summed E-state index contributed by atoms with van der Waals surface area (Å²) in [4.78, 5) is 16.9. The molecular weight excluding hydrogens is 312 g/mol. The molecule has 4 heteroatoms. The van der Waals surface area contributed by atoms with Gasteiger partial charge in [0.15, 0.2) is 11.5 Å². The largest absolute Gasteiger partial charge is 0.440 e. The molecule has 1 aromatic heterocycles. The van der Waals surface area contributed by atoms with Gasteiger partial charge >= 0.3 is 0 Å². The fourth-order valence-electron chi connectivity index (χ4n) is 2.74.